The zero-order valence-electron chi connectivity index (χ0n) is 5.55. The fourth-order valence-corrected chi connectivity index (χ4v) is 0.765. The number of carbonyl (C=O) groups excluding carboxylic acids is 2. The fraction of sp³-hybridized carbons (Fsp3) is 0.333. The summed E-state index contributed by atoms with van der Waals surface area (Å²) >= 11 is 0. The van der Waals surface area contributed by atoms with E-state index in [1.807, 2.05) is 0 Å². The molecule has 1 aliphatic heterocycles. The van der Waals surface area contributed by atoms with E-state index >= 15 is 0 Å². The van der Waals surface area contributed by atoms with Gasteiger partial charge in [0.25, 0.3) is 11.8 Å². The van der Waals surface area contributed by atoms with E-state index in [0.717, 1.165) is 0 Å². The van der Waals surface area contributed by atoms with Crippen LogP contribution < -0.4 is 11.1 Å². The predicted molar refractivity (Wildman–Crippen MR) is 34.9 cm³/mol. The molecule has 1 rings (SSSR count). The van der Waals surface area contributed by atoms with E-state index in [0.29, 0.717) is 5.57 Å². The third kappa shape index (κ3) is 1.06. The first-order valence-electron chi connectivity index (χ1n) is 2.93. The van der Waals surface area contributed by atoms with Crippen molar-refractivity contribution in [1.82, 2.24) is 5.32 Å². The molecule has 0 bridgehead atoms. The van der Waals surface area contributed by atoms with Crippen molar-refractivity contribution in [2.45, 2.75) is 13.0 Å². The van der Waals surface area contributed by atoms with Crippen LogP contribution in [0.4, 0.5) is 0 Å². The molecule has 2 amide bonds. The lowest BCUT2D eigenvalue weighted by Gasteiger charge is -2.00. The standard InChI is InChI=1S/C6H8N2O2/c1-3(7)4-2-5(9)8-6(4)10/h2-3H,7H2,1H3,(H,8,9,10). The van der Waals surface area contributed by atoms with E-state index in [4.69, 9.17) is 5.73 Å². The predicted octanol–water partition coefficient (Wildman–Crippen LogP) is -1.08. The lowest BCUT2D eigenvalue weighted by Crippen LogP contribution is -2.28. The Labute approximate surface area is 58.1 Å². The molecule has 54 valence electrons. The normalized spacial score (nSPS) is 20.4. The number of nitrogens with two attached hydrogens (primary N) is 1. The molecule has 0 aromatic heterocycles. The highest BCUT2D eigenvalue weighted by atomic mass is 16.2. The van der Waals surface area contributed by atoms with Crippen LogP contribution in [0.15, 0.2) is 11.6 Å². The highest BCUT2D eigenvalue weighted by Gasteiger charge is 2.22. The summed E-state index contributed by atoms with van der Waals surface area (Å²) in [7, 11) is 0. The summed E-state index contributed by atoms with van der Waals surface area (Å²) in [6.07, 6.45) is 1.23. The molecule has 1 atom stereocenters. The Morgan fingerprint density at radius 1 is 1.60 bits per heavy atom. The van der Waals surface area contributed by atoms with Crippen molar-refractivity contribution in [2.75, 3.05) is 0 Å². The van der Waals surface area contributed by atoms with Gasteiger partial charge in [0.2, 0.25) is 0 Å². The Hall–Kier alpha value is -1.16. The molecular formula is C6H8N2O2. The Morgan fingerprint density at radius 2 is 2.20 bits per heavy atom. The van der Waals surface area contributed by atoms with E-state index in [2.05, 4.69) is 5.32 Å². The van der Waals surface area contributed by atoms with Crippen molar-refractivity contribution in [2.24, 2.45) is 5.73 Å². The highest BCUT2D eigenvalue weighted by Crippen LogP contribution is 2.04. The summed E-state index contributed by atoms with van der Waals surface area (Å²) < 4.78 is 0. The van der Waals surface area contributed by atoms with Gasteiger partial charge in [-0.2, -0.15) is 0 Å². The van der Waals surface area contributed by atoms with Gasteiger partial charge in [-0.05, 0) is 6.92 Å². The molecule has 0 spiro atoms. The maximum absolute atomic E-state index is 10.7. The monoisotopic (exact) mass is 140 g/mol. The molecule has 0 aromatic rings. The van der Waals surface area contributed by atoms with Gasteiger partial charge >= 0.3 is 0 Å². The van der Waals surface area contributed by atoms with Crippen molar-refractivity contribution in [1.29, 1.82) is 0 Å². The molecule has 0 fully saturated rings. The molecule has 3 N–H and O–H groups in total. The van der Waals surface area contributed by atoms with Crippen LogP contribution in [0, 0.1) is 0 Å². The second-order valence-electron chi connectivity index (χ2n) is 2.21. The van der Waals surface area contributed by atoms with Gasteiger partial charge < -0.3 is 5.73 Å². The molecule has 0 saturated heterocycles. The van der Waals surface area contributed by atoms with Crippen LogP contribution in [0.3, 0.4) is 0 Å². The number of rotatable bonds is 1. The van der Waals surface area contributed by atoms with Crippen LogP contribution >= 0.6 is 0 Å². The van der Waals surface area contributed by atoms with Gasteiger partial charge in [0.1, 0.15) is 0 Å². The number of carbonyl (C=O) groups is 2. The molecule has 0 radical (unpaired) electrons. The molecule has 4 heteroatoms. The van der Waals surface area contributed by atoms with E-state index in [-0.39, 0.29) is 17.9 Å². The zero-order chi connectivity index (χ0) is 7.72. The summed E-state index contributed by atoms with van der Waals surface area (Å²) in [5.74, 6) is -0.752. The first kappa shape index (κ1) is 6.95. The van der Waals surface area contributed by atoms with E-state index in [1.54, 1.807) is 6.92 Å². The van der Waals surface area contributed by atoms with Crippen molar-refractivity contribution in [3.63, 3.8) is 0 Å². The Kier molecular flexibility index (Phi) is 1.55. The third-order valence-corrected chi connectivity index (χ3v) is 1.28. The number of nitrogens with one attached hydrogen (secondary N) is 1. The molecule has 1 unspecified atom stereocenters. The molecule has 0 saturated carbocycles. The summed E-state index contributed by atoms with van der Waals surface area (Å²) in [6, 6.07) is -0.369. The molecule has 0 aliphatic carbocycles. The van der Waals surface area contributed by atoms with Crippen LogP contribution in [-0.4, -0.2) is 17.9 Å². The van der Waals surface area contributed by atoms with Gasteiger partial charge in [-0.15, -0.1) is 0 Å². The molecule has 10 heavy (non-hydrogen) atoms. The summed E-state index contributed by atoms with van der Waals surface area (Å²) in [5, 5.41) is 2.10. The number of amides is 2. The molecule has 1 aliphatic rings. The van der Waals surface area contributed by atoms with E-state index in [1.165, 1.54) is 6.08 Å². The van der Waals surface area contributed by atoms with Gasteiger partial charge in [-0.25, -0.2) is 0 Å². The summed E-state index contributed by atoms with van der Waals surface area (Å²) in [4.78, 5) is 21.3. The lowest BCUT2D eigenvalue weighted by molar-refractivity contribution is -0.123. The van der Waals surface area contributed by atoms with Crippen molar-refractivity contribution in [3.8, 4) is 0 Å². The van der Waals surface area contributed by atoms with Gasteiger partial charge in [-0.3, -0.25) is 14.9 Å². The Bertz CT molecular complexity index is 218. The van der Waals surface area contributed by atoms with Crippen molar-refractivity contribution in [3.05, 3.63) is 11.6 Å². The third-order valence-electron chi connectivity index (χ3n) is 1.28. The smallest absolute Gasteiger partial charge is 0.255 e. The molecule has 1 heterocycles. The lowest BCUT2D eigenvalue weighted by atomic mass is 10.1. The second kappa shape index (κ2) is 2.22. The minimum Gasteiger partial charge on any atom is -0.324 e. The number of imide groups is 1. The number of hydrogen-bond donors (Lipinski definition) is 2. The summed E-state index contributed by atoms with van der Waals surface area (Å²) in [5.41, 5.74) is 5.72. The topological polar surface area (TPSA) is 72.2 Å². The van der Waals surface area contributed by atoms with Crippen molar-refractivity contribution >= 4 is 11.8 Å². The Balaban J connectivity index is 2.85. The minimum atomic E-state index is -0.377. The maximum Gasteiger partial charge on any atom is 0.255 e. The summed E-state index contributed by atoms with van der Waals surface area (Å²) in [6.45, 7) is 1.66. The number of hydrogen-bond acceptors (Lipinski definition) is 3. The highest BCUT2D eigenvalue weighted by molar-refractivity contribution is 6.16. The largest absolute Gasteiger partial charge is 0.324 e. The van der Waals surface area contributed by atoms with E-state index < -0.39 is 0 Å². The van der Waals surface area contributed by atoms with Crippen LogP contribution in [0.1, 0.15) is 6.92 Å². The molecule has 0 aromatic carbocycles. The van der Waals surface area contributed by atoms with Crippen LogP contribution in [0.2, 0.25) is 0 Å². The minimum absolute atomic E-state index is 0.352. The van der Waals surface area contributed by atoms with Gasteiger partial charge in [-0.1, -0.05) is 0 Å². The fourth-order valence-electron chi connectivity index (χ4n) is 0.765. The average molecular weight is 140 g/mol. The second-order valence-corrected chi connectivity index (χ2v) is 2.21. The SMILES string of the molecule is CC(N)C1=CC(=O)NC1=O. The Morgan fingerprint density at radius 3 is 2.40 bits per heavy atom. The van der Waals surface area contributed by atoms with Crippen LogP contribution in [0.25, 0.3) is 0 Å². The van der Waals surface area contributed by atoms with Crippen molar-refractivity contribution < 1.29 is 9.59 Å². The molecular weight excluding hydrogens is 132 g/mol. The first-order chi connectivity index (χ1) is 4.61. The van der Waals surface area contributed by atoms with Crippen LogP contribution in [0.5, 0.6) is 0 Å². The zero-order valence-corrected chi connectivity index (χ0v) is 5.55. The van der Waals surface area contributed by atoms with Gasteiger partial charge in [0.15, 0.2) is 0 Å². The van der Waals surface area contributed by atoms with Gasteiger partial charge in [0.05, 0.1) is 0 Å². The van der Waals surface area contributed by atoms with Gasteiger partial charge in [0, 0.05) is 17.7 Å². The molecule has 4 nitrogen and oxygen atoms in total. The first-order valence-corrected chi connectivity index (χ1v) is 2.93. The maximum atomic E-state index is 10.7. The van der Waals surface area contributed by atoms with Crippen LogP contribution in [-0.2, 0) is 9.59 Å². The average Bonchev–Trinajstić information content (AvgIpc) is 2.10. The van der Waals surface area contributed by atoms with E-state index in [9.17, 15) is 9.59 Å². The quantitative estimate of drug-likeness (QED) is 0.455.